The van der Waals surface area contributed by atoms with Crippen molar-refractivity contribution in [3.8, 4) is 0 Å². The molecule has 4 rings (SSSR count). The normalized spacial score (nSPS) is 15.1. The zero-order valence-electron chi connectivity index (χ0n) is 18.7. The van der Waals surface area contributed by atoms with Gasteiger partial charge in [0.25, 0.3) is 5.91 Å². The van der Waals surface area contributed by atoms with Gasteiger partial charge in [0.1, 0.15) is 0 Å². The van der Waals surface area contributed by atoms with Crippen LogP contribution >= 0.6 is 0 Å². The summed E-state index contributed by atoms with van der Waals surface area (Å²) >= 11 is 0. The number of nitrogens with one attached hydrogen (secondary N) is 1. The molecular weight excluding hydrogens is 400 g/mol. The van der Waals surface area contributed by atoms with Crippen molar-refractivity contribution in [2.45, 2.75) is 33.2 Å². The molecule has 0 aliphatic carbocycles. The number of carbonyl (C=O) groups excluding carboxylic acids is 3. The van der Waals surface area contributed by atoms with E-state index in [4.69, 9.17) is 0 Å². The summed E-state index contributed by atoms with van der Waals surface area (Å²) in [4.78, 5) is 41.1. The van der Waals surface area contributed by atoms with Crippen molar-refractivity contribution in [2.75, 3.05) is 6.54 Å². The van der Waals surface area contributed by atoms with Gasteiger partial charge in [0, 0.05) is 5.56 Å². The number of Topliss-reactive ketones (excluding diaryl/α,β-unsaturated/α-hetero) is 1. The number of benzene rings is 3. The summed E-state index contributed by atoms with van der Waals surface area (Å²) in [6.07, 6.45) is 0. The van der Waals surface area contributed by atoms with E-state index in [9.17, 15) is 14.4 Å². The van der Waals surface area contributed by atoms with Gasteiger partial charge in [-0.3, -0.25) is 14.5 Å². The van der Waals surface area contributed by atoms with E-state index in [2.05, 4.69) is 5.32 Å². The predicted molar refractivity (Wildman–Crippen MR) is 124 cm³/mol. The Morgan fingerprint density at radius 1 is 0.812 bits per heavy atom. The Morgan fingerprint density at radius 3 is 1.88 bits per heavy atom. The van der Waals surface area contributed by atoms with E-state index in [1.54, 1.807) is 0 Å². The first-order chi connectivity index (χ1) is 15.3. The van der Waals surface area contributed by atoms with Crippen LogP contribution in [0.25, 0.3) is 0 Å². The number of aryl methyl sites for hydroxylation is 1. The van der Waals surface area contributed by atoms with E-state index in [-0.39, 0.29) is 12.3 Å². The van der Waals surface area contributed by atoms with Gasteiger partial charge in [0.05, 0.1) is 6.54 Å². The lowest BCUT2D eigenvalue weighted by molar-refractivity contribution is -0.129. The Labute approximate surface area is 188 Å². The van der Waals surface area contributed by atoms with Crippen molar-refractivity contribution in [3.63, 3.8) is 0 Å². The highest BCUT2D eigenvalue weighted by Crippen LogP contribution is 2.36. The van der Waals surface area contributed by atoms with Crippen LogP contribution in [0.4, 0.5) is 4.79 Å². The van der Waals surface area contributed by atoms with Gasteiger partial charge in [0.2, 0.25) is 0 Å². The molecular formula is C27H26N2O3. The molecule has 1 N–H and O–H groups in total. The Bertz CT molecular complexity index is 1180. The first-order valence-corrected chi connectivity index (χ1v) is 10.6. The lowest BCUT2D eigenvalue weighted by Crippen LogP contribution is -2.45. The third kappa shape index (κ3) is 3.30. The summed E-state index contributed by atoms with van der Waals surface area (Å²) in [6.45, 7) is 7.56. The van der Waals surface area contributed by atoms with Gasteiger partial charge in [0.15, 0.2) is 11.3 Å². The van der Waals surface area contributed by atoms with Crippen molar-refractivity contribution in [1.29, 1.82) is 0 Å². The average Bonchev–Trinajstić information content (AvgIpc) is 3.06. The fraction of sp³-hybridized carbons (Fsp3) is 0.222. The fourth-order valence-electron chi connectivity index (χ4n) is 4.38. The summed E-state index contributed by atoms with van der Waals surface area (Å²) < 4.78 is 0. The maximum absolute atomic E-state index is 13.8. The third-order valence-electron chi connectivity index (χ3n) is 6.60. The standard InChI is InChI=1S/C27H26N2O3/c1-17-15-23(20(4)19(3)18(17)2)24(30)16-29-25(31)27(28-26(29)32,21-11-7-5-8-12-21)22-13-9-6-10-14-22/h5-15H,16H2,1-4H3,(H,28,32). The number of urea groups is 1. The number of hydrogen-bond acceptors (Lipinski definition) is 3. The lowest BCUT2D eigenvalue weighted by atomic mass is 9.82. The minimum Gasteiger partial charge on any atom is -0.315 e. The Kier molecular flexibility index (Phi) is 5.43. The number of rotatable bonds is 5. The number of carbonyl (C=O) groups is 3. The molecule has 32 heavy (non-hydrogen) atoms. The second-order valence-corrected chi connectivity index (χ2v) is 8.34. The van der Waals surface area contributed by atoms with Gasteiger partial charge >= 0.3 is 6.03 Å². The zero-order valence-corrected chi connectivity index (χ0v) is 18.7. The summed E-state index contributed by atoms with van der Waals surface area (Å²) in [6, 6.07) is 19.5. The molecule has 3 amide bonds. The highest BCUT2D eigenvalue weighted by Gasteiger charge is 2.54. The molecule has 1 heterocycles. The summed E-state index contributed by atoms with van der Waals surface area (Å²) in [5.74, 6) is -0.708. The van der Waals surface area contributed by atoms with Crippen LogP contribution in [0.3, 0.4) is 0 Å². The van der Waals surface area contributed by atoms with Gasteiger partial charge in [-0.2, -0.15) is 0 Å². The molecule has 1 aliphatic heterocycles. The number of amides is 3. The van der Waals surface area contributed by atoms with Crippen LogP contribution in [0.5, 0.6) is 0 Å². The molecule has 3 aromatic rings. The first-order valence-electron chi connectivity index (χ1n) is 10.6. The van der Waals surface area contributed by atoms with Crippen LogP contribution < -0.4 is 5.32 Å². The Hall–Kier alpha value is -3.73. The van der Waals surface area contributed by atoms with Gasteiger partial charge in [-0.05, 0) is 67.1 Å². The molecule has 162 valence electrons. The minimum atomic E-state index is -1.37. The van der Waals surface area contributed by atoms with Crippen LogP contribution in [0.1, 0.15) is 43.7 Å². The van der Waals surface area contributed by atoms with Crippen molar-refractivity contribution < 1.29 is 14.4 Å². The van der Waals surface area contributed by atoms with Gasteiger partial charge in [-0.1, -0.05) is 60.7 Å². The van der Waals surface area contributed by atoms with Crippen molar-refractivity contribution in [1.82, 2.24) is 10.2 Å². The van der Waals surface area contributed by atoms with Crippen LogP contribution in [0, 0.1) is 27.7 Å². The molecule has 0 radical (unpaired) electrons. The monoisotopic (exact) mass is 426 g/mol. The molecule has 1 saturated heterocycles. The molecule has 0 spiro atoms. The van der Waals surface area contributed by atoms with E-state index in [1.165, 1.54) is 0 Å². The number of nitrogens with zero attached hydrogens (tertiary/aromatic N) is 1. The molecule has 0 aromatic heterocycles. The molecule has 0 saturated carbocycles. The van der Waals surface area contributed by atoms with E-state index < -0.39 is 17.5 Å². The van der Waals surface area contributed by atoms with E-state index in [1.807, 2.05) is 94.4 Å². The molecule has 0 bridgehead atoms. The quantitative estimate of drug-likeness (QED) is 0.479. The molecule has 3 aromatic carbocycles. The smallest absolute Gasteiger partial charge is 0.315 e. The van der Waals surface area contributed by atoms with Gasteiger partial charge in [-0.15, -0.1) is 0 Å². The number of imide groups is 1. The fourth-order valence-corrected chi connectivity index (χ4v) is 4.38. The second kappa shape index (κ2) is 8.08. The predicted octanol–water partition coefficient (Wildman–Crippen LogP) is 4.60. The molecule has 5 nitrogen and oxygen atoms in total. The van der Waals surface area contributed by atoms with Gasteiger partial charge in [-0.25, -0.2) is 4.79 Å². The number of hydrogen-bond donors (Lipinski definition) is 1. The second-order valence-electron chi connectivity index (χ2n) is 8.34. The van der Waals surface area contributed by atoms with Crippen molar-refractivity contribution >= 4 is 17.7 Å². The Balaban J connectivity index is 1.74. The molecule has 1 fully saturated rings. The summed E-state index contributed by atoms with van der Waals surface area (Å²) in [7, 11) is 0. The summed E-state index contributed by atoms with van der Waals surface area (Å²) in [5.41, 5.74) is 4.56. The lowest BCUT2D eigenvalue weighted by Gasteiger charge is -2.28. The van der Waals surface area contributed by atoms with Crippen molar-refractivity contribution in [3.05, 3.63) is 106 Å². The van der Waals surface area contributed by atoms with Crippen molar-refractivity contribution in [2.24, 2.45) is 0 Å². The largest absolute Gasteiger partial charge is 0.325 e. The molecule has 0 atom stereocenters. The highest BCUT2D eigenvalue weighted by molar-refractivity contribution is 6.13. The maximum Gasteiger partial charge on any atom is 0.325 e. The van der Waals surface area contributed by atoms with E-state index in [0.29, 0.717) is 16.7 Å². The Morgan fingerprint density at radius 2 is 1.34 bits per heavy atom. The molecule has 5 heteroatoms. The van der Waals surface area contributed by atoms with Crippen LogP contribution in [-0.4, -0.2) is 29.2 Å². The SMILES string of the molecule is Cc1cc(C(=O)CN2C(=O)NC(c3ccccc3)(c3ccccc3)C2=O)c(C)c(C)c1C. The third-order valence-corrected chi connectivity index (χ3v) is 6.60. The average molecular weight is 427 g/mol. The summed E-state index contributed by atoms with van der Waals surface area (Å²) in [5, 5.41) is 2.89. The van der Waals surface area contributed by atoms with Gasteiger partial charge < -0.3 is 5.32 Å². The van der Waals surface area contributed by atoms with Crippen LogP contribution in [0.15, 0.2) is 66.7 Å². The van der Waals surface area contributed by atoms with E-state index >= 15 is 0 Å². The van der Waals surface area contributed by atoms with Crippen LogP contribution in [0.2, 0.25) is 0 Å². The molecule has 0 unspecified atom stereocenters. The minimum absolute atomic E-state index is 0.255. The van der Waals surface area contributed by atoms with E-state index in [0.717, 1.165) is 27.2 Å². The zero-order chi connectivity index (χ0) is 23.0. The maximum atomic E-state index is 13.8. The number of ketones is 1. The molecule has 1 aliphatic rings. The first kappa shape index (κ1) is 21.5. The van der Waals surface area contributed by atoms with Crippen LogP contribution in [-0.2, 0) is 10.3 Å². The highest BCUT2D eigenvalue weighted by atomic mass is 16.2. The topological polar surface area (TPSA) is 66.5 Å².